The predicted molar refractivity (Wildman–Crippen MR) is 126 cm³/mol. The molecule has 9 heteroatoms. The van der Waals surface area contributed by atoms with Gasteiger partial charge in [0.05, 0.1) is 14.9 Å². The first kappa shape index (κ1) is 22.5. The van der Waals surface area contributed by atoms with E-state index in [-0.39, 0.29) is 16.1 Å². The molecule has 1 aromatic heterocycles. The van der Waals surface area contributed by atoms with Gasteiger partial charge in [0.1, 0.15) is 11.6 Å². The fraction of sp³-hybridized carbons (Fsp3) is 0.227. The lowest BCUT2D eigenvalue weighted by Gasteiger charge is -2.23. The van der Waals surface area contributed by atoms with Crippen molar-refractivity contribution in [3.05, 3.63) is 80.4 Å². The van der Waals surface area contributed by atoms with E-state index in [9.17, 15) is 8.78 Å². The number of rotatable bonds is 5. The van der Waals surface area contributed by atoms with Gasteiger partial charge in [0, 0.05) is 34.8 Å². The second-order valence-electron chi connectivity index (χ2n) is 7.92. The smallest absolute Gasteiger partial charge is 0.214 e. The van der Waals surface area contributed by atoms with Crippen LogP contribution < -0.4 is 9.62 Å². The summed E-state index contributed by atoms with van der Waals surface area (Å²) < 4.78 is 30.8. The monoisotopic (exact) mass is 499 g/mol. The van der Waals surface area contributed by atoms with E-state index in [1.165, 1.54) is 18.2 Å². The van der Waals surface area contributed by atoms with Crippen LogP contribution in [-0.4, -0.2) is 11.5 Å². The Hall–Kier alpha value is -1.73. The summed E-state index contributed by atoms with van der Waals surface area (Å²) in [6, 6.07) is 11.0. The van der Waals surface area contributed by atoms with E-state index in [4.69, 9.17) is 34.8 Å². The predicted octanol–water partition coefficient (Wildman–Crippen LogP) is 7.74. The van der Waals surface area contributed by atoms with Gasteiger partial charge < -0.3 is 9.62 Å². The number of pyridine rings is 1. The van der Waals surface area contributed by atoms with Crippen molar-refractivity contribution in [1.29, 1.82) is 0 Å². The fourth-order valence-corrected chi connectivity index (χ4v) is 5.30. The average molecular weight is 501 g/mol. The van der Waals surface area contributed by atoms with Crippen LogP contribution in [0.4, 0.5) is 20.3 Å². The maximum Gasteiger partial charge on any atom is 0.214 e. The van der Waals surface area contributed by atoms with Crippen LogP contribution in [0.25, 0.3) is 0 Å². The summed E-state index contributed by atoms with van der Waals surface area (Å²) in [6.45, 7) is 5.32. The van der Waals surface area contributed by atoms with E-state index in [0.717, 1.165) is 23.2 Å². The molecule has 0 saturated heterocycles. The van der Waals surface area contributed by atoms with E-state index < -0.39 is 11.8 Å². The average Bonchev–Trinajstić information content (AvgIpc) is 2.96. The maximum atomic E-state index is 14.8. The van der Waals surface area contributed by atoms with Gasteiger partial charge in [-0.15, -0.1) is 0 Å². The molecule has 2 aromatic carbocycles. The van der Waals surface area contributed by atoms with E-state index in [2.05, 4.69) is 28.5 Å². The highest BCUT2D eigenvalue weighted by Crippen LogP contribution is 2.47. The van der Waals surface area contributed by atoms with E-state index in [0.29, 0.717) is 33.7 Å². The Morgan fingerprint density at radius 3 is 2.61 bits per heavy atom. The van der Waals surface area contributed by atoms with Crippen molar-refractivity contribution in [2.45, 2.75) is 30.7 Å². The topological polar surface area (TPSA) is 28.2 Å². The summed E-state index contributed by atoms with van der Waals surface area (Å²) in [5.74, 6) is -0.758. The molecule has 0 spiro atoms. The molecule has 31 heavy (non-hydrogen) atoms. The molecule has 3 nitrogen and oxygen atoms in total. The van der Waals surface area contributed by atoms with Gasteiger partial charge in [-0.25, -0.2) is 9.37 Å². The van der Waals surface area contributed by atoms with Crippen LogP contribution in [0.15, 0.2) is 47.4 Å². The molecule has 4 rings (SSSR count). The molecule has 2 heterocycles. The van der Waals surface area contributed by atoms with Crippen molar-refractivity contribution in [2.75, 3.05) is 16.2 Å². The minimum absolute atomic E-state index is 0.208. The highest BCUT2D eigenvalue weighted by Gasteiger charge is 2.37. The molecule has 0 atom stereocenters. The Labute approximate surface area is 198 Å². The SMILES string of the molecule is CC1(C)CN(Cc2cc(F)c(SNc3cccc(F)n3)cc2Cl)c2ccc(Cl)c(Cl)c21. The number of fused-ring (bicyclic) bond motifs is 1. The van der Waals surface area contributed by atoms with Crippen molar-refractivity contribution >= 4 is 58.3 Å². The third-order valence-corrected chi connectivity index (χ3v) is 7.12. The van der Waals surface area contributed by atoms with Crippen LogP contribution in [-0.2, 0) is 12.0 Å². The zero-order chi connectivity index (χ0) is 22.3. The normalized spacial score (nSPS) is 14.6. The highest BCUT2D eigenvalue weighted by atomic mass is 35.5. The zero-order valence-corrected chi connectivity index (χ0v) is 19.7. The van der Waals surface area contributed by atoms with Gasteiger partial charge in [-0.3, -0.25) is 0 Å². The lowest BCUT2D eigenvalue weighted by Crippen LogP contribution is -2.28. The van der Waals surface area contributed by atoms with Crippen molar-refractivity contribution < 1.29 is 8.78 Å². The van der Waals surface area contributed by atoms with Crippen molar-refractivity contribution in [3.63, 3.8) is 0 Å². The third kappa shape index (κ3) is 4.58. The molecule has 0 unspecified atom stereocenters. The third-order valence-electron chi connectivity index (χ3n) is 5.12. The van der Waals surface area contributed by atoms with Gasteiger partial charge in [-0.1, -0.05) is 54.7 Å². The first-order valence-electron chi connectivity index (χ1n) is 9.42. The number of nitrogens with zero attached hydrogens (tertiary/aromatic N) is 2. The number of halogens is 5. The number of hydrogen-bond donors (Lipinski definition) is 1. The summed E-state index contributed by atoms with van der Waals surface area (Å²) >= 11 is 20.2. The summed E-state index contributed by atoms with van der Waals surface area (Å²) in [5, 5.41) is 1.50. The summed E-state index contributed by atoms with van der Waals surface area (Å²) in [4.78, 5) is 6.11. The Kier molecular flexibility index (Phi) is 6.28. The van der Waals surface area contributed by atoms with Crippen molar-refractivity contribution in [3.8, 4) is 0 Å². The van der Waals surface area contributed by atoms with Crippen LogP contribution in [0.1, 0.15) is 25.0 Å². The molecule has 0 amide bonds. The number of nitrogens with one attached hydrogen (secondary N) is 1. The fourth-order valence-electron chi connectivity index (χ4n) is 3.78. The van der Waals surface area contributed by atoms with Crippen LogP contribution in [0.2, 0.25) is 15.1 Å². The van der Waals surface area contributed by atoms with Gasteiger partial charge in [-0.2, -0.15) is 4.39 Å². The lowest BCUT2D eigenvalue weighted by atomic mass is 9.87. The largest absolute Gasteiger partial charge is 0.366 e. The van der Waals surface area contributed by atoms with Gasteiger partial charge >= 0.3 is 0 Å². The molecule has 162 valence electrons. The molecule has 0 bridgehead atoms. The van der Waals surface area contributed by atoms with Crippen LogP contribution in [0.3, 0.4) is 0 Å². The van der Waals surface area contributed by atoms with E-state index >= 15 is 0 Å². The molecule has 0 saturated carbocycles. The highest BCUT2D eigenvalue weighted by molar-refractivity contribution is 8.00. The number of hydrogen-bond acceptors (Lipinski definition) is 4. The molecule has 1 aliphatic rings. The Bertz CT molecular complexity index is 1160. The number of anilines is 2. The molecule has 0 aliphatic carbocycles. The molecule has 0 radical (unpaired) electrons. The van der Waals surface area contributed by atoms with E-state index in [1.807, 2.05) is 6.07 Å². The van der Waals surface area contributed by atoms with Gasteiger partial charge in [0.25, 0.3) is 0 Å². The van der Waals surface area contributed by atoms with Crippen LogP contribution in [0.5, 0.6) is 0 Å². The summed E-state index contributed by atoms with van der Waals surface area (Å²) in [7, 11) is 0. The van der Waals surface area contributed by atoms with Gasteiger partial charge in [0.2, 0.25) is 5.95 Å². The molecular weight excluding hydrogens is 483 g/mol. The standard InChI is InChI=1S/C22H18Cl3F2N3S/c1-22(2)11-30(16-7-6-13(23)21(25)20(16)22)10-12-8-15(26)17(9-14(12)24)31-29-19-5-3-4-18(27)28-19/h3-9H,10-11H2,1-2H3,(H,28,29). The Balaban J connectivity index is 1.55. The molecule has 1 N–H and O–H groups in total. The first-order valence-corrected chi connectivity index (χ1v) is 11.4. The Morgan fingerprint density at radius 1 is 1.10 bits per heavy atom. The second-order valence-corrected chi connectivity index (χ2v) is 9.96. The van der Waals surface area contributed by atoms with Crippen LogP contribution in [0, 0.1) is 11.8 Å². The minimum Gasteiger partial charge on any atom is -0.366 e. The quantitative estimate of drug-likeness (QED) is 0.286. The summed E-state index contributed by atoms with van der Waals surface area (Å²) in [6.07, 6.45) is 0. The van der Waals surface area contributed by atoms with Gasteiger partial charge in [0.15, 0.2) is 0 Å². The van der Waals surface area contributed by atoms with E-state index in [1.54, 1.807) is 18.2 Å². The maximum absolute atomic E-state index is 14.8. The number of aromatic nitrogens is 1. The van der Waals surface area contributed by atoms with Gasteiger partial charge in [-0.05, 0) is 53.9 Å². The zero-order valence-electron chi connectivity index (χ0n) is 16.6. The Morgan fingerprint density at radius 2 is 1.87 bits per heavy atom. The second kappa shape index (κ2) is 8.66. The minimum atomic E-state index is -0.616. The van der Waals surface area contributed by atoms with Crippen molar-refractivity contribution in [1.82, 2.24) is 4.98 Å². The van der Waals surface area contributed by atoms with Crippen molar-refractivity contribution in [2.24, 2.45) is 0 Å². The van der Waals surface area contributed by atoms with Crippen LogP contribution >= 0.6 is 46.8 Å². The number of benzene rings is 2. The molecule has 0 fully saturated rings. The molecule has 3 aromatic rings. The first-order chi connectivity index (χ1) is 14.7. The lowest BCUT2D eigenvalue weighted by molar-refractivity contribution is 0.549. The molecule has 1 aliphatic heterocycles. The summed E-state index contributed by atoms with van der Waals surface area (Å²) in [5.41, 5.74) is 2.40. The molecular formula is C22H18Cl3F2N3S.